The second-order valence-corrected chi connectivity index (χ2v) is 8.12. The second kappa shape index (κ2) is 9.07. The highest BCUT2D eigenvalue weighted by atomic mass is 32.2. The molecule has 2 aromatic rings. The van der Waals surface area contributed by atoms with E-state index >= 15 is 0 Å². The van der Waals surface area contributed by atoms with E-state index in [0.717, 1.165) is 4.47 Å². The van der Waals surface area contributed by atoms with Gasteiger partial charge in [-0.05, 0) is 30.7 Å². The summed E-state index contributed by atoms with van der Waals surface area (Å²) < 4.78 is 30.1. The average Bonchev–Trinajstić information content (AvgIpc) is 3.13. The van der Waals surface area contributed by atoms with Crippen LogP contribution in [0.3, 0.4) is 0 Å². The molecule has 0 aliphatic rings. The van der Waals surface area contributed by atoms with Gasteiger partial charge in [0.05, 0.1) is 12.0 Å². The molecule has 1 amide bonds. The largest absolute Gasteiger partial charge is 0.352 e. The van der Waals surface area contributed by atoms with Crippen LogP contribution in [0.5, 0.6) is 0 Å². The molecule has 27 heavy (non-hydrogen) atoms. The third-order valence-electron chi connectivity index (χ3n) is 3.86. The van der Waals surface area contributed by atoms with E-state index in [-0.39, 0.29) is 16.7 Å². The number of nitrogens with one attached hydrogen (secondary N) is 1. The maximum absolute atomic E-state index is 12.2. The van der Waals surface area contributed by atoms with Gasteiger partial charge in [0.15, 0.2) is 5.82 Å². The fraction of sp³-hybridized carbons (Fsp3) is 0.471. The quantitative estimate of drug-likeness (QED) is 0.507. The Kier molecular flexibility index (Phi) is 7.05. The van der Waals surface area contributed by atoms with Gasteiger partial charge in [-0.2, -0.15) is 4.98 Å². The lowest BCUT2D eigenvalue weighted by molar-refractivity contribution is -0.0258. The van der Waals surface area contributed by atoms with E-state index in [2.05, 4.69) is 15.5 Å². The van der Waals surface area contributed by atoms with Crippen LogP contribution in [0.1, 0.15) is 48.3 Å². The molecule has 1 aromatic carbocycles. The molecule has 0 aliphatic heterocycles. The minimum Gasteiger partial charge on any atom is -0.352 e. The summed E-state index contributed by atoms with van der Waals surface area (Å²) in [6.45, 7) is 4.40. The molecule has 0 saturated heterocycles. The fourth-order valence-electron chi connectivity index (χ4n) is 2.17. The smallest absolute Gasteiger partial charge is 0.264 e. The number of hydroxylamine groups is 1. The van der Waals surface area contributed by atoms with Crippen molar-refractivity contribution in [3.05, 3.63) is 41.5 Å². The predicted octanol–water partition coefficient (Wildman–Crippen LogP) is 1.74. The monoisotopic (exact) mass is 396 g/mol. The van der Waals surface area contributed by atoms with Crippen LogP contribution in [0.25, 0.3) is 0 Å². The van der Waals surface area contributed by atoms with Gasteiger partial charge in [0.1, 0.15) is 0 Å². The maximum atomic E-state index is 12.2. The van der Waals surface area contributed by atoms with E-state index in [4.69, 9.17) is 9.36 Å². The molecule has 0 bridgehead atoms. The lowest BCUT2D eigenvalue weighted by Gasteiger charge is -2.14. The Morgan fingerprint density at radius 3 is 2.52 bits per heavy atom. The van der Waals surface area contributed by atoms with Crippen molar-refractivity contribution in [1.82, 2.24) is 19.9 Å². The molecule has 148 valence electrons. The third-order valence-corrected chi connectivity index (χ3v) is 5.56. The molecular weight excluding hydrogens is 372 g/mol. The van der Waals surface area contributed by atoms with Crippen LogP contribution in [0, 0.1) is 0 Å². The number of nitrogens with zero attached hydrogens (tertiary/aromatic N) is 3. The topological polar surface area (TPSA) is 115 Å². The van der Waals surface area contributed by atoms with Crippen LogP contribution < -0.4 is 5.32 Å². The Labute approximate surface area is 158 Å². The predicted molar refractivity (Wildman–Crippen MR) is 97.4 cm³/mol. The van der Waals surface area contributed by atoms with Crippen molar-refractivity contribution in [2.75, 3.05) is 20.7 Å². The number of aryl methyl sites for hydroxylation is 1. The van der Waals surface area contributed by atoms with E-state index < -0.39 is 10.0 Å². The number of amides is 1. The summed E-state index contributed by atoms with van der Waals surface area (Å²) >= 11 is 0. The van der Waals surface area contributed by atoms with Crippen molar-refractivity contribution < 1.29 is 22.6 Å². The molecule has 10 heteroatoms. The van der Waals surface area contributed by atoms with E-state index in [0.29, 0.717) is 36.7 Å². The molecule has 9 nitrogen and oxygen atoms in total. The van der Waals surface area contributed by atoms with Crippen LogP contribution in [-0.4, -0.2) is 49.6 Å². The normalized spacial score (nSPS) is 11.9. The zero-order valence-corrected chi connectivity index (χ0v) is 16.6. The van der Waals surface area contributed by atoms with Gasteiger partial charge in [0.25, 0.3) is 15.9 Å². The van der Waals surface area contributed by atoms with Crippen LogP contribution in [0.15, 0.2) is 33.7 Å². The van der Waals surface area contributed by atoms with Gasteiger partial charge in [-0.3, -0.25) is 9.63 Å². The third kappa shape index (κ3) is 5.34. The number of rotatable bonds is 9. The van der Waals surface area contributed by atoms with E-state index in [1.807, 2.05) is 13.8 Å². The first-order valence-corrected chi connectivity index (χ1v) is 9.93. The summed E-state index contributed by atoms with van der Waals surface area (Å²) in [7, 11) is -1.17. The van der Waals surface area contributed by atoms with Crippen LogP contribution in [-0.2, 0) is 21.3 Å². The van der Waals surface area contributed by atoms with Crippen molar-refractivity contribution in [3.63, 3.8) is 0 Å². The minimum absolute atomic E-state index is 0.0424. The Morgan fingerprint density at radius 2 is 1.96 bits per heavy atom. The number of aromatic nitrogens is 2. The van der Waals surface area contributed by atoms with Gasteiger partial charge >= 0.3 is 0 Å². The summed E-state index contributed by atoms with van der Waals surface area (Å²) in [5.41, 5.74) is 0.369. The molecule has 1 heterocycles. The van der Waals surface area contributed by atoms with Gasteiger partial charge in [-0.1, -0.05) is 23.5 Å². The van der Waals surface area contributed by atoms with Gasteiger partial charge in [-0.25, -0.2) is 8.42 Å². The summed E-state index contributed by atoms with van der Waals surface area (Å²) in [4.78, 5) is 21.2. The molecule has 0 radical (unpaired) electrons. The Bertz CT molecular complexity index is 862. The van der Waals surface area contributed by atoms with Gasteiger partial charge < -0.3 is 9.84 Å². The lowest BCUT2D eigenvalue weighted by atomic mass is 10.2. The van der Waals surface area contributed by atoms with Crippen LogP contribution in [0.2, 0.25) is 0 Å². The maximum Gasteiger partial charge on any atom is 0.264 e. The molecule has 0 unspecified atom stereocenters. The minimum atomic E-state index is -3.73. The molecule has 0 atom stereocenters. The van der Waals surface area contributed by atoms with Crippen molar-refractivity contribution >= 4 is 15.9 Å². The lowest BCUT2D eigenvalue weighted by Crippen LogP contribution is -2.26. The number of benzene rings is 1. The number of carbonyl (C=O) groups excluding carboxylic acids is 1. The summed E-state index contributed by atoms with van der Waals surface area (Å²) in [5, 5.41) is 6.67. The first-order valence-electron chi connectivity index (χ1n) is 8.49. The summed E-state index contributed by atoms with van der Waals surface area (Å²) in [6.07, 6.45) is 1.22. The molecule has 1 aromatic heterocycles. The van der Waals surface area contributed by atoms with Crippen LogP contribution >= 0.6 is 0 Å². The Balaban J connectivity index is 1.85. The highest BCUT2D eigenvalue weighted by Crippen LogP contribution is 2.15. The SMILES string of the molecule is CON(C)S(=O)(=O)c1ccc(C(=O)NCCCc2nc(C(C)C)no2)cc1. The number of sulfonamides is 1. The van der Waals surface area contributed by atoms with E-state index in [9.17, 15) is 13.2 Å². The zero-order chi connectivity index (χ0) is 20.0. The van der Waals surface area contributed by atoms with Gasteiger partial charge in [0, 0.05) is 31.5 Å². The summed E-state index contributed by atoms with van der Waals surface area (Å²) in [5.74, 6) is 1.14. The zero-order valence-electron chi connectivity index (χ0n) is 15.8. The highest BCUT2D eigenvalue weighted by Gasteiger charge is 2.21. The molecule has 1 N–H and O–H groups in total. The van der Waals surface area contributed by atoms with Crippen molar-refractivity contribution in [3.8, 4) is 0 Å². The molecule has 0 spiro atoms. The summed E-state index contributed by atoms with van der Waals surface area (Å²) in [6, 6.07) is 5.65. The standard InChI is InChI=1S/C17H24N4O5S/c1-12(2)16-19-15(26-20-16)6-5-11-18-17(22)13-7-9-14(10-8-13)27(23,24)21(3)25-4/h7-10,12H,5-6,11H2,1-4H3,(H,18,22). The molecule has 2 rings (SSSR count). The number of hydrogen-bond donors (Lipinski definition) is 1. The molecular formula is C17H24N4O5S. The van der Waals surface area contributed by atoms with Crippen molar-refractivity contribution in [2.45, 2.75) is 37.5 Å². The molecule has 0 aliphatic carbocycles. The number of hydrogen-bond acceptors (Lipinski definition) is 7. The molecule has 0 saturated carbocycles. The average molecular weight is 396 g/mol. The fourth-order valence-corrected chi connectivity index (χ4v) is 3.15. The highest BCUT2D eigenvalue weighted by molar-refractivity contribution is 7.89. The van der Waals surface area contributed by atoms with E-state index in [1.165, 1.54) is 38.4 Å². The van der Waals surface area contributed by atoms with Crippen molar-refractivity contribution in [2.24, 2.45) is 0 Å². The first-order chi connectivity index (χ1) is 12.8. The molecule has 0 fully saturated rings. The Morgan fingerprint density at radius 1 is 1.30 bits per heavy atom. The van der Waals surface area contributed by atoms with E-state index in [1.54, 1.807) is 0 Å². The van der Waals surface area contributed by atoms with Gasteiger partial charge in [-0.15, -0.1) is 0 Å². The second-order valence-electron chi connectivity index (χ2n) is 6.18. The number of carbonyl (C=O) groups is 1. The Hall–Kier alpha value is -2.30. The first kappa shape index (κ1) is 21.0. The van der Waals surface area contributed by atoms with Crippen LogP contribution in [0.4, 0.5) is 0 Å². The van der Waals surface area contributed by atoms with Gasteiger partial charge in [0.2, 0.25) is 5.89 Å². The van der Waals surface area contributed by atoms with Crippen molar-refractivity contribution in [1.29, 1.82) is 0 Å².